The van der Waals surface area contributed by atoms with Gasteiger partial charge in [0.25, 0.3) is 0 Å². The van der Waals surface area contributed by atoms with E-state index >= 15 is 0 Å². The molecule has 0 spiro atoms. The van der Waals surface area contributed by atoms with Crippen LogP contribution in [0.1, 0.15) is 32.4 Å². The molecule has 0 bridgehead atoms. The van der Waals surface area contributed by atoms with Crippen molar-refractivity contribution in [2.24, 2.45) is 0 Å². The van der Waals surface area contributed by atoms with Crippen LogP contribution in [0.5, 0.6) is 0 Å². The van der Waals surface area contributed by atoms with Gasteiger partial charge in [-0.2, -0.15) is 0 Å². The largest absolute Gasteiger partial charge is 0.389 e. The molecule has 0 radical (unpaired) electrons. The third-order valence-corrected chi connectivity index (χ3v) is 3.16. The summed E-state index contributed by atoms with van der Waals surface area (Å²) >= 11 is 0. The Morgan fingerprint density at radius 3 is 2.18 bits per heavy atom. The fourth-order valence-corrected chi connectivity index (χ4v) is 2.35. The molecule has 3 atom stereocenters. The average Bonchev–Trinajstić information content (AvgIpc) is 2.28. The van der Waals surface area contributed by atoms with E-state index in [0.717, 1.165) is 18.7 Å². The van der Waals surface area contributed by atoms with E-state index < -0.39 is 6.10 Å². The second-order valence-electron chi connectivity index (χ2n) is 4.93. The van der Waals surface area contributed by atoms with E-state index in [9.17, 15) is 5.11 Å². The Balaban J connectivity index is 2.11. The van der Waals surface area contributed by atoms with Crippen molar-refractivity contribution >= 4 is 5.69 Å². The second kappa shape index (κ2) is 5.07. The molecule has 3 heteroatoms. The predicted octanol–water partition coefficient (Wildman–Crippen LogP) is 2.35. The average molecular weight is 235 g/mol. The van der Waals surface area contributed by atoms with E-state index in [4.69, 9.17) is 4.74 Å². The Labute approximate surface area is 103 Å². The molecule has 0 aromatic heterocycles. The summed E-state index contributed by atoms with van der Waals surface area (Å²) in [6.07, 6.45) is 0.150. The molecule has 1 aromatic carbocycles. The lowest BCUT2D eigenvalue weighted by molar-refractivity contribution is -0.00522. The Kier molecular flexibility index (Phi) is 3.69. The van der Waals surface area contributed by atoms with Gasteiger partial charge in [-0.15, -0.1) is 0 Å². The number of anilines is 1. The van der Waals surface area contributed by atoms with Crippen molar-refractivity contribution in [3.63, 3.8) is 0 Å². The summed E-state index contributed by atoms with van der Waals surface area (Å²) in [5.74, 6) is 0. The summed E-state index contributed by atoms with van der Waals surface area (Å²) in [5, 5.41) is 9.48. The molecule has 1 N–H and O–H groups in total. The van der Waals surface area contributed by atoms with E-state index in [2.05, 4.69) is 30.9 Å². The quantitative estimate of drug-likeness (QED) is 0.854. The van der Waals surface area contributed by atoms with Crippen molar-refractivity contribution in [1.82, 2.24) is 0 Å². The van der Waals surface area contributed by atoms with Gasteiger partial charge in [-0.3, -0.25) is 0 Å². The summed E-state index contributed by atoms with van der Waals surface area (Å²) < 4.78 is 5.72. The number of aliphatic hydroxyl groups excluding tert-OH is 1. The van der Waals surface area contributed by atoms with Crippen LogP contribution in [0.2, 0.25) is 0 Å². The third kappa shape index (κ3) is 2.99. The van der Waals surface area contributed by atoms with Crippen LogP contribution in [-0.4, -0.2) is 30.4 Å². The molecule has 1 saturated heterocycles. The number of ether oxygens (including phenoxy) is 1. The minimum absolute atomic E-state index is 0.273. The minimum Gasteiger partial charge on any atom is -0.389 e. The molecule has 1 heterocycles. The lowest BCUT2D eigenvalue weighted by Crippen LogP contribution is -2.45. The van der Waals surface area contributed by atoms with Crippen LogP contribution in [0.4, 0.5) is 5.69 Å². The van der Waals surface area contributed by atoms with Crippen molar-refractivity contribution in [3.8, 4) is 0 Å². The fourth-order valence-electron chi connectivity index (χ4n) is 2.35. The van der Waals surface area contributed by atoms with Gasteiger partial charge in [0.1, 0.15) is 0 Å². The molecule has 3 nitrogen and oxygen atoms in total. The summed E-state index contributed by atoms with van der Waals surface area (Å²) in [4.78, 5) is 2.34. The van der Waals surface area contributed by atoms with Gasteiger partial charge in [-0.1, -0.05) is 12.1 Å². The van der Waals surface area contributed by atoms with E-state index in [1.807, 2.05) is 12.1 Å². The molecule has 1 aromatic rings. The standard InChI is InChI=1S/C14H21NO2/c1-10-8-15(9-11(2)17-10)14-6-4-13(5-7-14)12(3)16/h4-7,10-12,16H,8-9H2,1-3H3/t10?,11?,12-/m0/s1. The maximum absolute atomic E-state index is 9.48. The zero-order chi connectivity index (χ0) is 12.4. The van der Waals surface area contributed by atoms with E-state index in [1.54, 1.807) is 6.92 Å². The maximum atomic E-state index is 9.48. The van der Waals surface area contributed by atoms with Crippen LogP contribution in [0.3, 0.4) is 0 Å². The molecular formula is C14H21NO2. The number of hydrogen-bond acceptors (Lipinski definition) is 3. The Morgan fingerprint density at radius 2 is 1.71 bits per heavy atom. The van der Waals surface area contributed by atoms with Crippen LogP contribution in [0, 0.1) is 0 Å². The summed E-state index contributed by atoms with van der Waals surface area (Å²) in [5.41, 5.74) is 2.17. The molecule has 94 valence electrons. The molecule has 2 unspecified atom stereocenters. The van der Waals surface area contributed by atoms with Crippen molar-refractivity contribution in [1.29, 1.82) is 0 Å². The van der Waals surface area contributed by atoms with Crippen molar-refractivity contribution in [2.45, 2.75) is 39.1 Å². The molecular weight excluding hydrogens is 214 g/mol. The van der Waals surface area contributed by atoms with Crippen molar-refractivity contribution in [3.05, 3.63) is 29.8 Å². The smallest absolute Gasteiger partial charge is 0.0761 e. The van der Waals surface area contributed by atoms with Gasteiger partial charge in [-0.25, -0.2) is 0 Å². The molecule has 1 fully saturated rings. The lowest BCUT2D eigenvalue weighted by atomic mass is 10.1. The lowest BCUT2D eigenvalue weighted by Gasteiger charge is -2.37. The highest BCUT2D eigenvalue weighted by Gasteiger charge is 2.22. The van der Waals surface area contributed by atoms with Crippen LogP contribution in [0.15, 0.2) is 24.3 Å². The molecule has 0 aliphatic carbocycles. The van der Waals surface area contributed by atoms with Gasteiger partial charge < -0.3 is 14.7 Å². The first-order valence-corrected chi connectivity index (χ1v) is 6.24. The third-order valence-electron chi connectivity index (χ3n) is 3.16. The zero-order valence-electron chi connectivity index (χ0n) is 10.8. The number of aliphatic hydroxyl groups is 1. The monoisotopic (exact) mass is 235 g/mol. The normalized spacial score (nSPS) is 26.9. The van der Waals surface area contributed by atoms with Gasteiger partial charge in [0.15, 0.2) is 0 Å². The molecule has 1 aliphatic rings. The number of hydrogen-bond donors (Lipinski definition) is 1. The van der Waals surface area contributed by atoms with Gasteiger partial charge in [0, 0.05) is 18.8 Å². The summed E-state index contributed by atoms with van der Waals surface area (Å²) in [7, 11) is 0. The minimum atomic E-state index is -0.397. The van der Waals surface area contributed by atoms with Crippen LogP contribution >= 0.6 is 0 Å². The first kappa shape index (κ1) is 12.4. The number of morpholine rings is 1. The van der Waals surface area contributed by atoms with Gasteiger partial charge >= 0.3 is 0 Å². The number of benzene rings is 1. The topological polar surface area (TPSA) is 32.7 Å². The highest BCUT2D eigenvalue weighted by atomic mass is 16.5. The molecule has 17 heavy (non-hydrogen) atoms. The molecule has 2 rings (SSSR count). The van der Waals surface area contributed by atoms with Gasteiger partial charge in [-0.05, 0) is 38.5 Å². The van der Waals surface area contributed by atoms with Crippen LogP contribution in [0.25, 0.3) is 0 Å². The first-order chi connectivity index (χ1) is 8.06. The SMILES string of the molecule is CC1CN(c2ccc([C@H](C)O)cc2)CC(C)O1. The van der Waals surface area contributed by atoms with Gasteiger partial charge in [0.2, 0.25) is 0 Å². The van der Waals surface area contributed by atoms with Crippen molar-refractivity contribution < 1.29 is 9.84 Å². The van der Waals surface area contributed by atoms with E-state index in [1.165, 1.54) is 5.69 Å². The van der Waals surface area contributed by atoms with Crippen LogP contribution < -0.4 is 4.90 Å². The highest BCUT2D eigenvalue weighted by Crippen LogP contribution is 2.22. The molecule has 0 amide bonds. The van der Waals surface area contributed by atoms with E-state index in [0.29, 0.717) is 0 Å². The summed E-state index contributed by atoms with van der Waals surface area (Å²) in [6, 6.07) is 8.13. The Bertz CT molecular complexity index is 351. The Morgan fingerprint density at radius 1 is 1.18 bits per heavy atom. The van der Waals surface area contributed by atoms with Crippen LogP contribution in [-0.2, 0) is 4.74 Å². The first-order valence-electron chi connectivity index (χ1n) is 6.24. The highest BCUT2D eigenvalue weighted by molar-refractivity contribution is 5.48. The molecule has 0 saturated carbocycles. The molecule has 1 aliphatic heterocycles. The maximum Gasteiger partial charge on any atom is 0.0761 e. The van der Waals surface area contributed by atoms with E-state index in [-0.39, 0.29) is 12.2 Å². The number of rotatable bonds is 2. The summed E-state index contributed by atoms with van der Waals surface area (Å²) in [6.45, 7) is 7.85. The Hall–Kier alpha value is -1.06. The number of nitrogens with zero attached hydrogens (tertiary/aromatic N) is 1. The van der Waals surface area contributed by atoms with Crippen molar-refractivity contribution in [2.75, 3.05) is 18.0 Å². The van der Waals surface area contributed by atoms with Gasteiger partial charge in [0.05, 0.1) is 18.3 Å². The zero-order valence-corrected chi connectivity index (χ0v) is 10.8. The fraction of sp³-hybridized carbons (Fsp3) is 0.571. The second-order valence-corrected chi connectivity index (χ2v) is 4.93. The predicted molar refractivity (Wildman–Crippen MR) is 69.3 cm³/mol.